The number of aliphatic hydroxyl groups excluding tert-OH is 1. The van der Waals surface area contributed by atoms with Gasteiger partial charge in [-0.2, -0.15) is 0 Å². The lowest BCUT2D eigenvalue weighted by Crippen LogP contribution is -2.33. The summed E-state index contributed by atoms with van der Waals surface area (Å²) < 4.78 is 29.5. The molecule has 2 aliphatic rings. The summed E-state index contributed by atoms with van der Waals surface area (Å²) in [5, 5.41) is 9.65. The molecule has 1 fully saturated rings. The van der Waals surface area contributed by atoms with Crippen LogP contribution in [0, 0.1) is 0 Å². The van der Waals surface area contributed by atoms with Crippen molar-refractivity contribution in [2.75, 3.05) is 6.26 Å². The second kappa shape index (κ2) is 5.61. The molecule has 0 bridgehead atoms. The van der Waals surface area contributed by atoms with E-state index in [-0.39, 0.29) is 11.4 Å². The predicted molar refractivity (Wildman–Crippen MR) is 81.2 cm³/mol. The molecule has 3 rings (SSSR count). The van der Waals surface area contributed by atoms with Crippen LogP contribution in [0.5, 0.6) is 5.75 Å². The van der Waals surface area contributed by atoms with Crippen LogP contribution in [0.25, 0.3) is 0 Å². The first-order valence-corrected chi connectivity index (χ1v) is 9.56. The Bertz CT molecular complexity index is 623. The molecule has 5 heteroatoms. The van der Waals surface area contributed by atoms with E-state index in [1.807, 2.05) is 18.2 Å². The zero-order chi connectivity index (χ0) is 15.0. The third kappa shape index (κ3) is 3.09. The average molecular weight is 310 g/mol. The van der Waals surface area contributed by atoms with Gasteiger partial charge in [-0.25, -0.2) is 8.42 Å². The Morgan fingerprint density at radius 3 is 2.81 bits per heavy atom. The molecule has 4 nitrogen and oxygen atoms in total. The molecule has 0 heterocycles. The Morgan fingerprint density at radius 1 is 1.24 bits per heavy atom. The summed E-state index contributed by atoms with van der Waals surface area (Å²) in [5.41, 5.74) is 2.05. The molecule has 1 saturated carbocycles. The standard InChI is InChI=1S/C16H22O4S/c1-21(18,19)12-5-2-4-11(10-12)20-16-7-3-6-13-14(16)8-9-15(13)17/h3,6-7,11-12,15,17H,2,4-5,8-10H2,1H3. The molecular formula is C16H22O4S. The highest BCUT2D eigenvalue weighted by molar-refractivity contribution is 7.91. The number of benzene rings is 1. The fraction of sp³-hybridized carbons (Fsp3) is 0.625. The van der Waals surface area contributed by atoms with Gasteiger partial charge in [-0.05, 0) is 43.7 Å². The molecular weight excluding hydrogens is 288 g/mol. The molecule has 1 aromatic rings. The minimum absolute atomic E-state index is 0.0392. The first-order chi connectivity index (χ1) is 9.95. The summed E-state index contributed by atoms with van der Waals surface area (Å²) in [7, 11) is -2.99. The monoisotopic (exact) mass is 310 g/mol. The van der Waals surface area contributed by atoms with Gasteiger partial charge in [0.2, 0.25) is 0 Å². The predicted octanol–water partition coefficient (Wildman–Crippen LogP) is 2.40. The van der Waals surface area contributed by atoms with E-state index >= 15 is 0 Å². The van der Waals surface area contributed by atoms with Crippen LogP contribution >= 0.6 is 0 Å². The van der Waals surface area contributed by atoms with Crippen LogP contribution in [0.4, 0.5) is 0 Å². The Kier molecular flexibility index (Phi) is 3.97. The third-order valence-corrected chi connectivity index (χ3v) is 6.31. The molecule has 3 atom stereocenters. The zero-order valence-electron chi connectivity index (χ0n) is 12.3. The van der Waals surface area contributed by atoms with Crippen LogP contribution in [-0.4, -0.2) is 31.1 Å². The summed E-state index contributed by atoms with van der Waals surface area (Å²) >= 11 is 0. The van der Waals surface area contributed by atoms with Crippen molar-refractivity contribution in [2.45, 2.75) is 56.0 Å². The van der Waals surface area contributed by atoms with Gasteiger partial charge in [0.05, 0.1) is 17.5 Å². The first kappa shape index (κ1) is 14.9. The second-order valence-corrected chi connectivity index (χ2v) is 8.56. The largest absolute Gasteiger partial charge is 0.490 e. The molecule has 0 aromatic heterocycles. The molecule has 2 aliphatic carbocycles. The number of aliphatic hydroxyl groups is 1. The zero-order valence-corrected chi connectivity index (χ0v) is 13.1. The van der Waals surface area contributed by atoms with E-state index in [1.165, 1.54) is 6.26 Å². The molecule has 1 aromatic carbocycles. The van der Waals surface area contributed by atoms with Crippen molar-refractivity contribution in [1.29, 1.82) is 0 Å². The molecule has 0 aliphatic heterocycles. The van der Waals surface area contributed by atoms with Gasteiger partial charge in [-0.15, -0.1) is 0 Å². The summed E-state index contributed by atoms with van der Waals surface area (Å²) in [6.45, 7) is 0. The summed E-state index contributed by atoms with van der Waals surface area (Å²) in [5.74, 6) is 0.822. The molecule has 0 saturated heterocycles. The van der Waals surface area contributed by atoms with Crippen LogP contribution in [0.2, 0.25) is 0 Å². The minimum Gasteiger partial charge on any atom is -0.490 e. The van der Waals surface area contributed by atoms with E-state index in [0.717, 1.165) is 49.0 Å². The maximum absolute atomic E-state index is 11.7. The van der Waals surface area contributed by atoms with E-state index < -0.39 is 15.9 Å². The van der Waals surface area contributed by atoms with Gasteiger partial charge in [0.15, 0.2) is 0 Å². The van der Waals surface area contributed by atoms with Gasteiger partial charge in [0.25, 0.3) is 0 Å². The van der Waals surface area contributed by atoms with Crippen molar-refractivity contribution < 1.29 is 18.3 Å². The van der Waals surface area contributed by atoms with Crippen LogP contribution in [0.3, 0.4) is 0 Å². The van der Waals surface area contributed by atoms with Crippen LogP contribution in [0.1, 0.15) is 49.3 Å². The molecule has 1 N–H and O–H groups in total. The molecule has 3 unspecified atom stereocenters. The Balaban J connectivity index is 1.76. The van der Waals surface area contributed by atoms with E-state index in [9.17, 15) is 13.5 Å². The lowest BCUT2D eigenvalue weighted by molar-refractivity contribution is 0.155. The summed E-state index contributed by atoms with van der Waals surface area (Å²) in [6.07, 6.45) is 5.56. The molecule has 0 spiro atoms. The second-order valence-electron chi connectivity index (χ2n) is 6.24. The molecule has 0 amide bonds. The van der Waals surface area contributed by atoms with Crippen LogP contribution in [0.15, 0.2) is 18.2 Å². The summed E-state index contributed by atoms with van der Waals surface area (Å²) in [6, 6.07) is 5.78. The van der Waals surface area contributed by atoms with Crippen molar-refractivity contribution in [3.8, 4) is 5.75 Å². The van der Waals surface area contributed by atoms with Gasteiger partial charge in [-0.3, -0.25) is 0 Å². The first-order valence-electron chi connectivity index (χ1n) is 7.60. The van der Waals surface area contributed by atoms with Crippen molar-refractivity contribution >= 4 is 9.84 Å². The normalized spacial score (nSPS) is 29.1. The molecule has 0 radical (unpaired) electrons. The van der Waals surface area contributed by atoms with Crippen LogP contribution < -0.4 is 4.74 Å². The quantitative estimate of drug-likeness (QED) is 0.931. The number of hydrogen-bond donors (Lipinski definition) is 1. The highest BCUT2D eigenvalue weighted by Gasteiger charge is 2.31. The summed E-state index contributed by atoms with van der Waals surface area (Å²) in [4.78, 5) is 0. The van der Waals surface area contributed by atoms with E-state index in [2.05, 4.69) is 0 Å². The van der Waals surface area contributed by atoms with E-state index in [4.69, 9.17) is 4.74 Å². The third-order valence-electron chi connectivity index (χ3n) is 4.67. The Morgan fingerprint density at radius 2 is 2.05 bits per heavy atom. The highest BCUT2D eigenvalue weighted by Crippen LogP contribution is 2.38. The van der Waals surface area contributed by atoms with Crippen molar-refractivity contribution in [3.05, 3.63) is 29.3 Å². The lowest BCUT2D eigenvalue weighted by atomic mass is 9.97. The van der Waals surface area contributed by atoms with Crippen molar-refractivity contribution in [3.63, 3.8) is 0 Å². The number of rotatable bonds is 3. The molecule has 116 valence electrons. The topological polar surface area (TPSA) is 63.6 Å². The average Bonchev–Trinajstić information content (AvgIpc) is 2.81. The lowest BCUT2D eigenvalue weighted by Gasteiger charge is -2.29. The van der Waals surface area contributed by atoms with Gasteiger partial charge < -0.3 is 9.84 Å². The smallest absolute Gasteiger partial charge is 0.150 e. The maximum atomic E-state index is 11.7. The minimum atomic E-state index is -2.99. The SMILES string of the molecule is CS(=O)(=O)C1CCCC(Oc2cccc3c2CCC3O)C1. The Labute approximate surface area is 126 Å². The van der Waals surface area contributed by atoms with Crippen molar-refractivity contribution in [2.24, 2.45) is 0 Å². The van der Waals surface area contributed by atoms with Gasteiger partial charge in [0.1, 0.15) is 15.6 Å². The fourth-order valence-electron chi connectivity index (χ4n) is 3.49. The fourth-order valence-corrected chi connectivity index (χ4v) is 4.65. The number of fused-ring (bicyclic) bond motifs is 1. The number of sulfone groups is 1. The van der Waals surface area contributed by atoms with Gasteiger partial charge in [0, 0.05) is 18.2 Å². The van der Waals surface area contributed by atoms with Crippen LogP contribution in [-0.2, 0) is 16.3 Å². The van der Waals surface area contributed by atoms with E-state index in [0.29, 0.717) is 6.42 Å². The Hall–Kier alpha value is -1.07. The van der Waals surface area contributed by atoms with Crippen molar-refractivity contribution in [1.82, 2.24) is 0 Å². The number of ether oxygens (including phenoxy) is 1. The molecule has 21 heavy (non-hydrogen) atoms. The van der Waals surface area contributed by atoms with Gasteiger partial charge >= 0.3 is 0 Å². The number of hydrogen-bond acceptors (Lipinski definition) is 4. The van der Waals surface area contributed by atoms with E-state index in [1.54, 1.807) is 0 Å². The maximum Gasteiger partial charge on any atom is 0.150 e. The highest BCUT2D eigenvalue weighted by atomic mass is 32.2. The van der Waals surface area contributed by atoms with Gasteiger partial charge in [-0.1, -0.05) is 12.1 Å².